The van der Waals surface area contributed by atoms with E-state index in [9.17, 15) is 4.79 Å². The normalized spacial score (nSPS) is 10.0. The van der Waals surface area contributed by atoms with Gasteiger partial charge in [0, 0.05) is 22.2 Å². The number of halogens is 1. The van der Waals surface area contributed by atoms with Crippen molar-refractivity contribution in [3.05, 3.63) is 51.5 Å². The van der Waals surface area contributed by atoms with E-state index in [1.54, 1.807) is 24.5 Å². The van der Waals surface area contributed by atoms with Gasteiger partial charge in [0.15, 0.2) is 0 Å². The Morgan fingerprint density at radius 3 is 2.76 bits per heavy atom. The fraction of sp³-hybridized carbons (Fsp3) is 0.0833. The van der Waals surface area contributed by atoms with E-state index in [2.05, 4.69) is 37.9 Å². The number of aryl methyl sites for hydroxylation is 1. The zero-order valence-corrected chi connectivity index (χ0v) is 11.3. The topological polar surface area (TPSA) is 54.9 Å². The SMILES string of the molecule is Cc1cncc(C(=O)Nc2ccc(I)cn2)c1. The number of aromatic nitrogens is 2. The molecule has 0 radical (unpaired) electrons. The van der Waals surface area contributed by atoms with Crippen LogP contribution in [0.5, 0.6) is 0 Å². The molecule has 0 aliphatic rings. The summed E-state index contributed by atoms with van der Waals surface area (Å²) in [6.07, 6.45) is 4.94. The molecule has 5 heteroatoms. The zero-order chi connectivity index (χ0) is 12.3. The molecule has 0 saturated carbocycles. The lowest BCUT2D eigenvalue weighted by atomic mass is 10.2. The third kappa shape index (κ3) is 3.23. The molecule has 2 aromatic heterocycles. The predicted molar refractivity (Wildman–Crippen MR) is 73.9 cm³/mol. The highest BCUT2D eigenvalue weighted by Crippen LogP contribution is 2.09. The van der Waals surface area contributed by atoms with Gasteiger partial charge in [-0.05, 0) is 53.3 Å². The Balaban J connectivity index is 2.14. The van der Waals surface area contributed by atoms with Crippen LogP contribution in [0.4, 0.5) is 5.82 Å². The molecule has 4 nitrogen and oxygen atoms in total. The fourth-order valence-corrected chi connectivity index (χ4v) is 1.64. The third-order valence-electron chi connectivity index (χ3n) is 2.11. The molecule has 1 N–H and O–H groups in total. The van der Waals surface area contributed by atoms with E-state index in [1.165, 1.54) is 6.20 Å². The standard InChI is InChI=1S/C12H10IN3O/c1-8-4-9(6-14-5-8)12(17)16-11-3-2-10(13)7-15-11/h2-7H,1H3,(H,15,16,17). The van der Waals surface area contributed by atoms with Crippen molar-refractivity contribution >= 4 is 34.3 Å². The highest BCUT2D eigenvalue weighted by molar-refractivity contribution is 14.1. The van der Waals surface area contributed by atoms with Crippen molar-refractivity contribution in [1.82, 2.24) is 9.97 Å². The van der Waals surface area contributed by atoms with Gasteiger partial charge < -0.3 is 5.32 Å². The summed E-state index contributed by atoms with van der Waals surface area (Å²) in [4.78, 5) is 19.9. The Labute approximate surface area is 113 Å². The lowest BCUT2D eigenvalue weighted by Crippen LogP contribution is -2.13. The largest absolute Gasteiger partial charge is 0.307 e. The molecule has 0 aliphatic carbocycles. The van der Waals surface area contributed by atoms with Crippen molar-refractivity contribution in [3.63, 3.8) is 0 Å². The fourth-order valence-electron chi connectivity index (χ4n) is 1.32. The van der Waals surface area contributed by atoms with Crippen molar-refractivity contribution in [1.29, 1.82) is 0 Å². The summed E-state index contributed by atoms with van der Waals surface area (Å²) in [5.74, 6) is 0.340. The van der Waals surface area contributed by atoms with E-state index >= 15 is 0 Å². The second-order valence-corrected chi connectivity index (χ2v) is 4.81. The van der Waals surface area contributed by atoms with Gasteiger partial charge in [0.2, 0.25) is 0 Å². The van der Waals surface area contributed by atoms with Crippen LogP contribution in [0.15, 0.2) is 36.8 Å². The van der Waals surface area contributed by atoms with Crippen molar-refractivity contribution in [3.8, 4) is 0 Å². The maximum absolute atomic E-state index is 11.9. The average molecular weight is 339 g/mol. The summed E-state index contributed by atoms with van der Waals surface area (Å²) in [5.41, 5.74) is 1.48. The van der Waals surface area contributed by atoms with E-state index in [1.807, 2.05) is 13.0 Å². The maximum atomic E-state index is 11.9. The third-order valence-corrected chi connectivity index (χ3v) is 2.74. The molecule has 17 heavy (non-hydrogen) atoms. The highest BCUT2D eigenvalue weighted by atomic mass is 127. The number of nitrogens with zero attached hydrogens (tertiary/aromatic N) is 2. The summed E-state index contributed by atoms with van der Waals surface area (Å²) in [6.45, 7) is 1.90. The second kappa shape index (κ2) is 5.22. The number of anilines is 1. The number of pyridine rings is 2. The van der Waals surface area contributed by atoms with Crippen molar-refractivity contribution in [2.75, 3.05) is 5.32 Å². The molecule has 0 bridgehead atoms. The monoisotopic (exact) mass is 339 g/mol. The van der Waals surface area contributed by atoms with Crippen LogP contribution in [0.3, 0.4) is 0 Å². The van der Waals surface area contributed by atoms with Gasteiger partial charge in [-0.15, -0.1) is 0 Å². The Morgan fingerprint density at radius 2 is 2.12 bits per heavy atom. The van der Waals surface area contributed by atoms with E-state index in [0.717, 1.165) is 9.13 Å². The number of carbonyl (C=O) groups excluding carboxylic acids is 1. The van der Waals surface area contributed by atoms with Crippen LogP contribution in [0, 0.1) is 10.5 Å². The molecule has 2 aromatic rings. The zero-order valence-electron chi connectivity index (χ0n) is 9.14. The van der Waals surface area contributed by atoms with E-state index in [0.29, 0.717) is 11.4 Å². The minimum Gasteiger partial charge on any atom is -0.307 e. The first kappa shape index (κ1) is 12.0. The van der Waals surface area contributed by atoms with Crippen LogP contribution >= 0.6 is 22.6 Å². The predicted octanol–water partition coefficient (Wildman–Crippen LogP) is 2.64. The van der Waals surface area contributed by atoms with E-state index in [-0.39, 0.29) is 5.91 Å². The Morgan fingerprint density at radius 1 is 1.29 bits per heavy atom. The van der Waals surface area contributed by atoms with Gasteiger partial charge in [0.1, 0.15) is 5.82 Å². The van der Waals surface area contributed by atoms with Crippen LogP contribution in [0.25, 0.3) is 0 Å². The molecule has 2 heterocycles. The quantitative estimate of drug-likeness (QED) is 0.856. The average Bonchev–Trinajstić information content (AvgIpc) is 2.32. The summed E-state index contributed by atoms with van der Waals surface area (Å²) in [7, 11) is 0. The number of nitrogens with one attached hydrogen (secondary N) is 1. The van der Waals surface area contributed by atoms with Gasteiger partial charge >= 0.3 is 0 Å². The van der Waals surface area contributed by atoms with E-state index in [4.69, 9.17) is 0 Å². The molecule has 0 unspecified atom stereocenters. The number of carbonyl (C=O) groups is 1. The summed E-state index contributed by atoms with van der Waals surface area (Å²) >= 11 is 2.16. The van der Waals surface area contributed by atoms with Crippen LogP contribution in [-0.2, 0) is 0 Å². The van der Waals surface area contributed by atoms with Crippen LogP contribution in [0.2, 0.25) is 0 Å². The Kier molecular flexibility index (Phi) is 3.68. The first-order valence-electron chi connectivity index (χ1n) is 5.00. The van der Waals surface area contributed by atoms with Gasteiger partial charge in [0.05, 0.1) is 5.56 Å². The smallest absolute Gasteiger partial charge is 0.258 e. The first-order valence-corrected chi connectivity index (χ1v) is 6.07. The summed E-state index contributed by atoms with van der Waals surface area (Å²) in [5, 5.41) is 2.72. The number of rotatable bonds is 2. The number of hydrogen-bond acceptors (Lipinski definition) is 3. The van der Waals surface area contributed by atoms with Gasteiger partial charge in [0.25, 0.3) is 5.91 Å². The van der Waals surface area contributed by atoms with Crippen LogP contribution in [-0.4, -0.2) is 15.9 Å². The maximum Gasteiger partial charge on any atom is 0.258 e. The Hall–Kier alpha value is -1.50. The van der Waals surface area contributed by atoms with Crippen molar-refractivity contribution in [2.45, 2.75) is 6.92 Å². The molecule has 0 aliphatic heterocycles. The minimum atomic E-state index is -0.199. The molecule has 0 aromatic carbocycles. The highest BCUT2D eigenvalue weighted by Gasteiger charge is 2.06. The lowest BCUT2D eigenvalue weighted by molar-refractivity contribution is 0.102. The molecule has 0 spiro atoms. The summed E-state index contributed by atoms with van der Waals surface area (Å²) < 4.78 is 1.03. The van der Waals surface area contributed by atoms with E-state index < -0.39 is 0 Å². The van der Waals surface area contributed by atoms with Gasteiger partial charge in [-0.1, -0.05) is 0 Å². The van der Waals surface area contributed by atoms with Crippen LogP contribution in [0.1, 0.15) is 15.9 Å². The second-order valence-electron chi connectivity index (χ2n) is 3.57. The van der Waals surface area contributed by atoms with Gasteiger partial charge in [-0.3, -0.25) is 9.78 Å². The Bertz CT molecular complexity index is 540. The van der Waals surface area contributed by atoms with Gasteiger partial charge in [-0.25, -0.2) is 4.98 Å². The first-order chi connectivity index (χ1) is 8.15. The molecule has 86 valence electrons. The van der Waals surface area contributed by atoms with Gasteiger partial charge in [-0.2, -0.15) is 0 Å². The molecule has 1 amide bonds. The lowest BCUT2D eigenvalue weighted by Gasteiger charge is -2.04. The molecule has 0 saturated heterocycles. The molecular weight excluding hydrogens is 329 g/mol. The number of hydrogen-bond donors (Lipinski definition) is 1. The van der Waals surface area contributed by atoms with Crippen molar-refractivity contribution in [2.24, 2.45) is 0 Å². The molecule has 2 rings (SSSR count). The minimum absolute atomic E-state index is 0.199. The molecule has 0 fully saturated rings. The van der Waals surface area contributed by atoms with Crippen LogP contribution < -0.4 is 5.32 Å². The molecular formula is C12H10IN3O. The molecule has 0 atom stereocenters. The summed E-state index contributed by atoms with van der Waals surface area (Å²) in [6, 6.07) is 5.44. The van der Waals surface area contributed by atoms with Crippen molar-refractivity contribution < 1.29 is 4.79 Å². The number of amides is 1.